The first-order chi connectivity index (χ1) is 9.34. The summed E-state index contributed by atoms with van der Waals surface area (Å²) in [4.78, 5) is 13.8. The molecule has 0 spiro atoms. The molecule has 20 heavy (non-hydrogen) atoms. The second-order valence-electron chi connectivity index (χ2n) is 7.01. The molecule has 2 rings (SSSR count). The molecule has 1 aliphatic heterocycles. The summed E-state index contributed by atoms with van der Waals surface area (Å²) < 4.78 is 5.93. The fraction of sp³-hybridized carbons (Fsp3) is 0.933. The molecule has 4 nitrogen and oxygen atoms in total. The quantitative estimate of drug-likeness (QED) is 0.867. The molecule has 1 heterocycles. The number of thioether (sulfide) groups is 1. The number of carbonyl (C=O) groups is 1. The van der Waals surface area contributed by atoms with E-state index in [9.17, 15) is 4.79 Å². The van der Waals surface area contributed by atoms with E-state index in [-0.39, 0.29) is 6.09 Å². The van der Waals surface area contributed by atoms with Crippen LogP contribution in [0.2, 0.25) is 0 Å². The number of nitrogens with one attached hydrogen (secondary N) is 1. The van der Waals surface area contributed by atoms with Crippen molar-refractivity contribution in [2.24, 2.45) is 0 Å². The van der Waals surface area contributed by atoms with Crippen LogP contribution in [0.15, 0.2) is 0 Å². The molecule has 2 fully saturated rings. The van der Waals surface area contributed by atoms with Crippen LogP contribution in [-0.4, -0.2) is 53.3 Å². The Labute approximate surface area is 127 Å². The Hall–Kier alpha value is -0.420. The molecular weight excluding hydrogens is 272 g/mol. The average molecular weight is 300 g/mol. The fourth-order valence-corrected chi connectivity index (χ4v) is 3.25. The monoisotopic (exact) mass is 300 g/mol. The van der Waals surface area contributed by atoms with Gasteiger partial charge in [-0.15, -0.1) is 0 Å². The normalized spacial score (nSPS) is 22.7. The number of ether oxygens (including phenoxy) is 1. The van der Waals surface area contributed by atoms with E-state index < -0.39 is 5.60 Å². The molecule has 0 unspecified atom stereocenters. The van der Waals surface area contributed by atoms with Gasteiger partial charge in [0.2, 0.25) is 0 Å². The minimum absolute atomic E-state index is 0.168. The minimum Gasteiger partial charge on any atom is -0.444 e. The number of piperidine rings is 1. The maximum absolute atomic E-state index is 12.0. The highest BCUT2D eigenvalue weighted by Crippen LogP contribution is 2.46. The number of hydrogen-bond donors (Lipinski definition) is 1. The molecule has 0 aromatic carbocycles. The lowest BCUT2D eigenvalue weighted by Gasteiger charge is -2.34. The summed E-state index contributed by atoms with van der Waals surface area (Å²) in [5.41, 5.74) is -0.400. The highest BCUT2D eigenvalue weighted by atomic mass is 32.2. The van der Waals surface area contributed by atoms with Crippen molar-refractivity contribution in [3.05, 3.63) is 0 Å². The van der Waals surface area contributed by atoms with Crippen LogP contribution in [0.1, 0.15) is 46.5 Å². The summed E-state index contributed by atoms with van der Waals surface area (Å²) in [6.07, 6.45) is 6.79. The third-order valence-corrected chi connectivity index (χ3v) is 5.52. The van der Waals surface area contributed by atoms with Gasteiger partial charge in [0.05, 0.1) is 0 Å². The Kier molecular flexibility index (Phi) is 4.90. The highest BCUT2D eigenvalue weighted by molar-refractivity contribution is 8.00. The summed E-state index contributed by atoms with van der Waals surface area (Å²) >= 11 is 1.99. The molecule has 1 aliphatic carbocycles. The van der Waals surface area contributed by atoms with Gasteiger partial charge < -0.3 is 15.0 Å². The largest absolute Gasteiger partial charge is 0.444 e. The Balaban J connectivity index is 1.68. The minimum atomic E-state index is -0.400. The highest BCUT2D eigenvalue weighted by Gasteiger charge is 2.42. The predicted molar refractivity (Wildman–Crippen MR) is 84.3 cm³/mol. The van der Waals surface area contributed by atoms with Crippen LogP contribution in [0.3, 0.4) is 0 Å². The molecule has 1 N–H and O–H groups in total. The van der Waals surface area contributed by atoms with Crippen LogP contribution >= 0.6 is 11.8 Å². The van der Waals surface area contributed by atoms with E-state index >= 15 is 0 Å². The number of likely N-dealkylation sites (tertiary alicyclic amines) is 1. The Morgan fingerprint density at radius 2 is 1.95 bits per heavy atom. The lowest BCUT2D eigenvalue weighted by atomic mass is 10.1. The standard InChI is InChI=1S/C15H28N2O2S/c1-14(2,3)19-13(18)17-9-5-12(6-10-17)16-11-15(20-4)7-8-15/h12,16H,5-11H2,1-4H3. The first kappa shape index (κ1) is 16.0. The van der Waals surface area contributed by atoms with E-state index in [1.807, 2.05) is 37.4 Å². The zero-order valence-corrected chi connectivity index (χ0v) is 14.0. The molecule has 116 valence electrons. The van der Waals surface area contributed by atoms with Crippen LogP contribution in [0, 0.1) is 0 Å². The number of amides is 1. The van der Waals surface area contributed by atoms with Crippen LogP contribution in [0.4, 0.5) is 4.79 Å². The van der Waals surface area contributed by atoms with Crippen LogP contribution < -0.4 is 5.32 Å². The van der Waals surface area contributed by atoms with Gasteiger partial charge in [0.1, 0.15) is 5.60 Å². The molecule has 5 heteroatoms. The summed E-state index contributed by atoms with van der Waals surface area (Å²) in [5, 5.41) is 3.68. The molecule has 1 amide bonds. The maximum atomic E-state index is 12.0. The van der Waals surface area contributed by atoms with Crippen molar-refractivity contribution in [3.63, 3.8) is 0 Å². The van der Waals surface area contributed by atoms with Crippen LogP contribution in [-0.2, 0) is 4.74 Å². The number of nitrogens with zero attached hydrogens (tertiary/aromatic N) is 1. The fourth-order valence-electron chi connectivity index (χ4n) is 2.52. The Morgan fingerprint density at radius 3 is 2.40 bits per heavy atom. The molecule has 0 radical (unpaired) electrons. The third kappa shape index (κ3) is 4.55. The molecule has 0 aromatic heterocycles. The third-order valence-electron chi connectivity index (χ3n) is 4.10. The average Bonchev–Trinajstić information content (AvgIpc) is 3.16. The van der Waals surface area contributed by atoms with Gasteiger partial charge in [0, 0.05) is 30.4 Å². The van der Waals surface area contributed by atoms with E-state index in [4.69, 9.17) is 4.74 Å². The number of carbonyl (C=O) groups excluding carboxylic acids is 1. The maximum Gasteiger partial charge on any atom is 0.410 e. The Morgan fingerprint density at radius 1 is 1.35 bits per heavy atom. The van der Waals surface area contributed by atoms with Crippen molar-refractivity contribution < 1.29 is 9.53 Å². The zero-order chi connectivity index (χ0) is 14.8. The van der Waals surface area contributed by atoms with Gasteiger partial charge in [-0.05, 0) is 52.7 Å². The number of rotatable bonds is 4. The lowest BCUT2D eigenvalue weighted by molar-refractivity contribution is 0.0198. The SMILES string of the molecule is CSC1(CNC2CCN(C(=O)OC(C)(C)C)CC2)CC1. The number of hydrogen-bond acceptors (Lipinski definition) is 4. The second-order valence-corrected chi connectivity index (χ2v) is 8.28. The lowest BCUT2D eigenvalue weighted by Crippen LogP contribution is -2.47. The molecular formula is C15H28N2O2S. The first-order valence-electron chi connectivity index (χ1n) is 7.60. The van der Waals surface area contributed by atoms with Gasteiger partial charge >= 0.3 is 6.09 Å². The first-order valence-corrected chi connectivity index (χ1v) is 8.82. The summed E-state index contributed by atoms with van der Waals surface area (Å²) in [7, 11) is 0. The van der Waals surface area contributed by atoms with Crippen LogP contribution in [0.5, 0.6) is 0 Å². The van der Waals surface area contributed by atoms with E-state index in [1.54, 1.807) is 0 Å². The van der Waals surface area contributed by atoms with Crippen molar-refractivity contribution in [2.75, 3.05) is 25.9 Å². The molecule has 0 atom stereocenters. The molecule has 2 aliphatic rings. The summed E-state index contributed by atoms with van der Waals surface area (Å²) in [6.45, 7) is 8.47. The van der Waals surface area contributed by atoms with Crippen molar-refractivity contribution >= 4 is 17.9 Å². The van der Waals surface area contributed by atoms with Gasteiger partial charge in [-0.3, -0.25) is 0 Å². The van der Waals surface area contributed by atoms with Gasteiger partial charge in [-0.25, -0.2) is 4.79 Å². The summed E-state index contributed by atoms with van der Waals surface area (Å²) in [6, 6.07) is 0.554. The van der Waals surface area contributed by atoms with Crippen molar-refractivity contribution in [3.8, 4) is 0 Å². The smallest absolute Gasteiger partial charge is 0.410 e. The Bertz CT molecular complexity index is 342. The van der Waals surface area contributed by atoms with E-state index in [1.165, 1.54) is 12.8 Å². The van der Waals surface area contributed by atoms with Crippen molar-refractivity contribution in [1.82, 2.24) is 10.2 Å². The van der Waals surface area contributed by atoms with E-state index in [0.717, 1.165) is 32.5 Å². The summed E-state index contributed by atoms with van der Waals surface area (Å²) in [5.74, 6) is 0. The molecule has 1 saturated carbocycles. The van der Waals surface area contributed by atoms with E-state index in [0.29, 0.717) is 10.8 Å². The molecule has 0 bridgehead atoms. The van der Waals surface area contributed by atoms with Gasteiger partial charge in [-0.1, -0.05) is 0 Å². The van der Waals surface area contributed by atoms with Gasteiger partial charge in [0.15, 0.2) is 0 Å². The topological polar surface area (TPSA) is 41.6 Å². The van der Waals surface area contributed by atoms with Gasteiger partial charge in [0.25, 0.3) is 0 Å². The second kappa shape index (κ2) is 6.14. The van der Waals surface area contributed by atoms with Crippen molar-refractivity contribution in [2.45, 2.75) is 62.8 Å². The van der Waals surface area contributed by atoms with Crippen LogP contribution in [0.25, 0.3) is 0 Å². The predicted octanol–water partition coefficient (Wildman–Crippen LogP) is 2.87. The van der Waals surface area contributed by atoms with Gasteiger partial charge in [-0.2, -0.15) is 11.8 Å². The van der Waals surface area contributed by atoms with Crippen molar-refractivity contribution in [1.29, 1.82) is 0 Å². The molecule has 0 aromatic rings. The zero-order valence-electron chi connectivity index (χ0n) is 13.2. The molecule has 1 saturated heterocycles. The van der Waals surface area contributed by atoms with E-state index in [2.05, 4.69) is 11.6 Å².